The number of ether oxygens (including phenoxy) is 2. The van der Waals surface area contributed by atoms with E-state index in [0.717, 1.165) is 16.3 Å². The second kappa shape index (κ2) is 6.22. The predicted octanol–water partition coefficient (Wildman–Crippen LogP) is 3.71. The van der Waals surface area contributed by atoms with E-state index in [-0.39, 0.29) is 24.1 Å². The van der Waals surface area contributed by atoms with Crippen LogP contribution in [0.1, 0.15) is 37.0 Å². The number of carbonyl (C=O) groups is 3. The third-order valence-electron chi connectivity index (χ3n) is 6.19. The van der Waals surface area contributed by atoms with Crippen LogP contribution in [0.2, 0.25) is 0 Å². The Balaban J connectivity index is 1.62. The highest BCUT2D eigenvalue weighted by Gasteiger charge is 2.55. The summed E-state index contributed by atoms with van der Waals surface area (Å²) in [6.45, 7) is 3.77. The molecule has 5 rings (SSSR count). The summed E-state index contributed by atoms with van der Waals surface area (Å²) in [6.07, 6.45) is 1.02. The third-order valence-corrected chi connectivity index (χ3v) is 6.19. The van der Waals surface area contributed by atoms with E-state index in [1.807, 2.05) is 37.3 Å². The normalized spacial score (nSPS) is 26.5. The maximum absolute atomic E-state index is 13.3. The highest BCUT2D eigenvalue weighted by atomic mass is 16.6. The van der Waals surface area contributed by atoms with Crippen molar-refractivity contribution in [3.8, 4) is 0 Å². The van der Waals surface area contributed by atoms with E-state index < -0.39 is 17.4 Å². The molecule has 0 spiro atoms. The zero-order chi connectivity index (χ0) is 20.3. The lowest BCUT2D eigenvalue weighted by Crippen LogP contribution is -2.45. The molecule has 2 heterocycles. The van der Waals surface area contributed by atoms with Gasteiger partial charge in [-0.1, -0.05) is 42.0 Å². The van der Waals surface area contributed by atoms with Crippen molar-refractivity contribution in [2.75, 3.05) is 6.61 Å². The Kier molecular flexibility index (Phi) is 3.87. The Hall–Kier alpha value is -3.05. The summed E-state index contributed by atoms with van der Waals surface area (Å²) < 4.78 is 11.1. The van der Waals surface area contributed by atoms with Crippen LogP contribution in [-0.2, 0) is 19.1 Å². The van der Waals surface area contributed by atoms with Crippen LogP contribution in [0.15, 0.2) is 64.8 Å². The van der Waals surface area contributed by atoms with Gasteiger partial charge in [0.05, 0.1) is 12.7 Å². The van der Waals surface area contributed by atoms with E-state index in [1.54, 1.807) is 19.1 Å². The molecule has 0 saturated carbocycles. The molecule has 2 atom stereocenters. The minimum absolute atomic E-state index is 0.00169. The molecule has 0 aromatic heterocycles. The van der Waals surface area contributed by atoms with Gasteiger partial charge in [0, 0.05) is 16.7 Å². The Bertz CT molecular complexity index is 1170. The second-order valence-corrected chi connectivity index (χ2v) is 8.08. The maximum atomic E-state index is 13.3. The average Bonchev–Trinajstić information content (AvgIpc) is 2.97. The number of Topliss-reactive ketones (excluding diaryl/α,β-unsaturated/α-hetero) is 2. The molecule has 2 unspecified atom stereocenters. The number of hydrogen-bond acceptors (Lipinski definition) is 5. The Morgan fingerprint density at radius 3 is 2.66 bits per heavy atom. The first kappa shape index (κ1) is 18.0. The summed E-state index contributed by atoms with van der Waals surface area (Å²) in [5, 5.41) is 1.93. The number of fused-ring (bicyclic) bond motifs is 2. The highest BCUT2D eigenvalue weighted by molar-refractivity contribution is 6.28. The molecule has 5 heteroatoms. The first-order chi connectivity index (χ1) is 13.9. The first-order valence-electron chi connectivity index (χ1n) is 9.76. The van der Waals surface area contributed by atoms with E-state index in [9.17, 15) is 14.4 Å². The molecule has 3 aliphatic rings. The number of hydrogen-bond donors (Lipinski definition) is 0. The molecule has 1 aliphatic carbocycles. The van der Waals surface area contributed by atoms with Crippen molar-refractivity contribution in [2.45, 2.75) is 38.4 Å². The number of carbonyl (C=O) groups excluding carboxylic acids is 3. The molecular formula is C24H20O5. The van der Waals surface area contributed by atoms with Gasteiger partial charge >= 0.3 is 5.97 Å². The van der Waals surface area contributed by atoms with Gasteiger partial charge in [0.1, 0.15) is 5.57 Å². The van der Waals surface area contributed by atoms with Crippen molar-refractivity contribution in [3.05, 3.63) is 70.3 Å². The minimum atomic E-state index is -1.41. The summed E-state index contributed by atoms with van der Waals surface area (Å²) in [6, 6.07) is 13.1. The topological polar surface area (TPSA) is 69.7 Å². The summed E-state index contributed by atoms with van der Waals surface area (Å²) in [7, 11) is 0. The van der Waals surface area contributed by atoms with E-state index in [2.05, 4.69) is 0 Å². The Labute approximate surface area is 168 Å². The lowest BCUT2D eigenvalue weighted by Gasteiger charge is -2.36. The fourth-order valence-electron chi connectivity index (χ4n) is 4.57. The molecule has 2 aromatic carbocycles. The van der Waals surface area contributed by atoms with Gasteiger partial charge in [-0.2, -0.15) is 0 Å². The van der Waals surface area contributed by atoms with Crippen LogP contribution in [0.3, 0.4) is 0 Å². The number of ketones is 2. The third kappa shape index (κ3) is 2.61. The fourth-order valence-corrected chi connectivity index (χ4v) is 4.57. The second-order valence-electron chi connectivity index (χ2n) is 8.08. The van der Waals surface area contributed by atoms with Gasteiger partial charge in [-0.15, -0.1) is 0 Å². The molecular weight excluding hydrogens is 368 g/mol. The molecule has 2 aromatic rings. The molecule has 0 saturated heterocycles. The largest absolute Gasteiger partial charge is 0.443 e. The molecule has 5 nitrogen and oxygen atoms in total. The van der Waals surface area contributed by atoms with E-state index in [4.69, 9.17) is 9.47 Å². The highest BCUT2D eigenvalue weighted by Crippen LogP contribution is 2.46. The lowest BCUT2D eigenvalue weighted by molar-refractivity contribution is -0.153. The summed E-state index contributed by atoms with van der Waals surface area (Å²) in [4.78, 5) is 39.2. The van der Waals surface area contributed by atoms with Crippen LogP contribution in [0.25, 0.3) is 10.8 Å². The standard InChI is InChI=1S/C24H20O5/c1-13-9-17-11-19-20(23(27)29-24(19,2)22(26)18(17)12-28-13)21(25)16-8-7-14-5-3-4-6-15(14)10-16/h3-8,10,13H,9,11-12H2,1-2H3. The summed E-state index contributed by atoms with van der Waals surface area (Å²) in [5.41, 5.74) is 1.02. The monoisotopic (exact) mass is 388 g/mol. The van der Waals surface area contributed by atoms with Gasteiger partial charge in [0.15, 0.2) is 11.4 Å². The maximum Gasteiger partial charge on any atom is 0.343 e. The number of esters is 1. The summed E-state index contributed by atoms with van der Waals surface area (Å²) >= 11 is 0. The van der Waals surface area contributed by atoms with Gasteiger partial charge < -0.3 is 9.47 Å². The van der Waals surface area contributed by atoms with Crippen molar-refractivity contribution < 1.29 is 23.9 Å². The summed E-state index contributed by atoms with van der Waals surface area (Å²) in [5.74, 6) is -1.38. The molecule has 0 fully saturated rings. The van der Waals surface area contributed by atoms with Crippen LogP contribution < -0.4 is 0 Å². The zero-order valence-electron chi connectivity index (χ0n) is 16.3. The van der Waals surface area contributed by atoms with Gasteiger partial charge in [-0.05, 0) is 43.5 Å². The molecule has 2 aliphatic heterocycles. The Morgan fingerprint density at radius 2 is 1.86 bits per heavy atom. The average molecular weight is 388 g/mol. The van der Waals surface area contributed by atoms with Crippen molar-refractivity contribution in [1.82, 2.24) is 0 Å². The van der Waals surface area contributed by atoms with Crippen molar-refractivity contribution in [3.63, 3.8) is 0 Å². The number of benzene rings is 2. The first-order valence-corrected chi connectivity index (χ1v) is 9.76. The van der Waals surface area contributed by atoms with Crippen LogP contribution in [0.4, 0.5) is 0 Å². The predicted molar refractivity (Wildman–Crippen MR) is 106 cm³/mol. The van der Waals surface area contributed by atoms with Crippen LogP contribution in [-0.4, -0.2) is 35.8 Å². The molecule has 0 radical (unpaired) electrons. The van der Waals surface area contributed by atoms with Gasteiger partial charge in [0.2, 0.25) is 5.78 Å². The van der Waals surface area contributed by atoms with Gasteiger partial charge in [0.25, 0.3) is 0 Å². The quantitative estimate of drug-likeness (QED) is 0.446. The van der Waals surface area contributed by atoms with E-state index in [1.165, 1.54) is 0 Å². The van der Waals surface area contributed by atoms with E-state index in [0.29, 0.717) is 29.6 Å². The van der Waals surface area contributed by atoms with Gasteiger partial charge in [-0.3, -0.25) is 9.59 Å². The minimum Gasteiger partial charge on any atom is -0.443 e. The lowest BCUT2D eigenvalue weighted by atomic mass is 9.73. The van der Waals surface area contributed by atoms with E-state index >= 15 is 0 Å². The van der Waals surface area contributed by atoms with Crippen molar-refractivity contribution in [1.29, 1.82) is 0 Å². The zero-order valence-corrected chi connectivity index (χ0v) is 16.3. The fraction of sp³-hybridized carbons (Fsp3) is 0.292. The van der Waals surface area contributed by atoms with Crippen LogP contribution in [0, 0.1) is 0 Å². The molecule has 0 bridgehead atoms. The van der Waals surface area contributed by atoms with Crippen LogP contribution >= 0.6 is 0 Å². The molecule has 0 N–H and O–H groups in total. The van der Waals surface area contributed by atoms with Crippen molar-refractivity contribution >= 4 is 28.3 Å². The smallest absolute Gasteiger partial charge is 0.343 e. The molecule has 29 heavy (non-hydrogen) atoms. The van der Waals surface area contributed by atoms with Crippen LogP contribution in [0.5, 0.6) is 0 Å². The van der Waals surface area contributed by atoms with Crippen molar-refractivity contribution in [2.24, 2.45) is 0 Å². The van der Waals surface area contributed by atoms with Gasteiger partial charge in [-0.25, -0.2) is 4.79 Å². The molecule has 146 valence electrons. The number of rotatable bonds is 2. The SMILES string of the molecule is CC1CC2=C(CO1)C(=O)C1(C)OC(=O)C(C(=O)c3ccc4ccccc4c3)=C1C2. The molecule has 0 amide bonds. The Morgan fingerprint density at radius 1 is 1.10 bits per heavy atom.